The van der Waals surface area contributed by atoms with Gasteiger partial charge in [-0.3, -0.25) is 4.79 Å². The Morgan fingerprint density at radius 3 is 1.96 bits per heavy atom. The Kier molecular flexibility index (Phi) is 17.5. The predicted octanol–water partition coefficient (Wildman–Crippen LogP) is 2.85. The van der Waals surface area contributed by atoms with Gasteiger partial charge in [0.1, 0.15) is 0 Å². The van der Waals surface area contributed by atoms with Crippen LogP contribution in [-0.4, -0.2) is 75.7 Å². The Labute approximate surface area is 170 Å². The van der Waals surface area contributed by atoms with E-state index in [1.807, 2.05) is 0 Å². The van der Waals surface area contributed by atoms with Gasteiger partial charge in [0.15, 0.2) is 0 Å². The second-order valence-electron chi connectivity index (χ2n) is 7.47. The molecule has 0 aliphatic carbocycles. The monoisotopic (exact) mass is 406 g/mol. The first-order valence-corrected chi connectivity index (χ1v) is 11.4. The highest BCUT2D eigenvalue weighted by Crippen LogP contribution is 2.26. The molecule has 162 valence electrons. The molecule has 0 bridgehead atoms. The molecule has 0 aromatic heterocycles. The zero-order chi connectivity index (χ0) is 20.4. The molecular weight excluding hydrogens is 364 g/mol. The van der Waals surface area contributed by atoms with Crippen LogP contribution in [-0.2, 0) is 19.0 Å². The molecular formula is C20H42N2O4S. The van der Waals surface area contributed by atoms with E-state index in [0.717, 1.165) is 32.4 Å². The van der Waals surface area contributed by atoms with Crippen LogP contribution in [0.15, 0.2) is 0 Å². The van der Waals surface area contributed by atoms with Crippen LogP contribution >= 0.6 is 11.8 Å². The van der Waals surface area contributed by atoms with E-state index >= 15 is 0 Å². The fourth-order valence-electron chi connectivity index (χ4n) is 2.11. The van der Waals surface area contributed by atoms with Crippen molar-refractivity contribution in [2.45, 2.75) is 64.2 Å². The van der Waals surface area contributed by atoms with Gasteiger partial charge in [-0.1, -0.05) is 27.7 Å². The molecule has 0 aromatic carbocycles. The van der Waals surface area contributed by atoms with Crippen molar-refractivity contribution in [3.8, 4) is 0 Å². The van der Waals surface area contributed by atoms with Gasteiger partial charge in [-0.15, -0.1) is 0 Å². The highest BCUT2D eigenvalue weighted by Gasteiger charge is 2.17. The highest BCUT2D eigenvalue weighted by molar-refractivity contribution is 7.99. The standard InChI is InChI=1S/C20H42N2O4S/c1-18(2)21-10-6-12-24-14-16-26-17-15-25-13-7-11-22-19(23)8-9-20(3,4)27-5/h18,21H,6-17H2,1-5H3,(H,22,23). The van der Waals surface area contributed by atoms with Gasteiger partial charge in [0.2, 0.25) is 5.91 Å². The maximum Gasteiger partial charge on any atom is 0.220 e. The lowest BCUT2D eigenvalue weighted by Crippen LogP contribution is -2.27. The fraction of sp³-hybridized carbons (Fsp3) is 0.950. The van der Waals surface area contributed by atoms with Gasteiger partial charge in [0.25, 0.3) is 0 Å². The molecule has 0 fully saturated rings. The quantitative estimate of drug-likeness (QED) is 0.322. The van der Waals surface area contributed by atoms with Crippen LogP contribution in [0.4, 0.5) is 0 Å². The van der Waals surface area contributed by atoms with Crippen LogP contribution in [0.5, 0.6) is 0 Å². The van der Waals surface area contributed by atoms with Gasteiger partial charge < -0.3 is 24.8 Å². The summed E-state index contributed by atoms with van der Waals surface area (Å²) in [6, 6.07) is 0.530. The molecule has 0 aliphatic heterocycles. The Morgan fingerprint density at radius 1 is 0.926 bits per heavy atom. The van der Waals surface area contributed by atoms with E-state index < -0.39 is 0 Å². The average molecular weight is 407 g/mol. The summed E-state index contributed by atoms with van der Waals surface area (Å²) in [5.41, 5.74) is 0. The van der Waals surface area contributed by atoms with Crippen molar-refractivity contribution >= 4 is 17.7 Å². The molecule has 0 heterocycles. The number of thioether (sulfide) groups is 1. The van der Waals surface area contributed by atoms with E-state index in [1.54, 1.807) is 11.8 Å². The molecule has 7 heteroatoms. The molecule has 0 atom stereocenters. The van der Waals surface area contributed by atoms with Crippen LogP contribution in [0.25, 0.3) is 0 Å². The first-order valence-electron chi connectivity index (χ1n) is 10.2. The molecule has 0 saturated carbocycles. The summed E-state index contributed by atoms with van der Waals surface area (Å²) in [6.45, 7) is 14.0. The number of hydrogen-bond acceptors (Lipinski definition) is 6. The molecule has 0 aliphatic rings. The van der Waals surface area contributed by atoms with E-state index in [0.29, 0.717) is 52.0 Å². The van der Waals surface area contributed by atoms with Crippen LogP contribution in [0, 0.1) is 0 Å². The lowest BCUT2D eigenvalue weighted by Gasteiger charge is -2.21. The van der Waals surface area contributed by atoms with Crippen LogP contribution in [0.3, 0.4) is 0 Å². The number of carbonyl (C=O) groups is 1. The Bertz CT molecular complexity index is 355. The molecule has 0 radical (unpaired) electrons. The number of amides is 1. The molecule has 6 nitrogen and oxygen atoms in total. The molecule has 0 saturated heterocycles. The molecule has 0 aromatic rings. The van der Waals surface area contributed by atoms with Gasteiger partial charge in [-0.2, -0.15) is 11.8 Å². The van der Waals surface area contributed by atoms with Gasteiger partial charge in [-0.25, -0.2) is 0 Å². The van der Waals surface area contributed by atoms with E-state index in [-0.39, 0.29) is 10.7 Å². The summed E-state index contributed by atoms with van der Waals surface area (Å²) >= 11 is 1.80. The minimum atomic E-state index is 0.125. The van der Waals surface area contributed by atoms with Crippen molar-refractivity contribution in [1.29, 1.82) is 0 Å². The van der Waals surface area contributed by atoms with Crippen LogP contribution in [0.2, 0.25) is 0 Å². The Hall–Kier alpha value is -0.340. The maximum atomic E-state index is 11.8. The first-order chi connectivity index (χ1) is 12.9. The number of rotatable bonds is 19. The SMILES string of the molecule is CSC(C)(C)CCC(=O)NCCCOCCOCCOCCCNC(C)C. The van der Waals surface area contributed by atoms with Gasteiger partial charge >= 0.3 is 0 Å². The minimum absolute atomic E-state index is 0.125. The minimum Gasteiger partial charge on any atom is -0.379 e. The second-order valence-corrected chi connectivity index (χ2v) is 8.98. The van der Waals surface area contributed by atoms with Gasteiger partial charge in [0.05, 0.1) is 26.4 Å². The summed E-state index contributed by atoms with van der Waals surface area (Å²) in [5, 5.41) is 6.30. The summed E-state index contributed by atoms with van der Waals surface area (Å²) in [5.74, 6) is 0.125. The molecule has 27 heavy (non-hydrogen) atoms. The maximum absolute atomic E-state index is 11.8. The Morgan fingerprint density at radius 2 is 1.44 bits per heavy atom. The number of ether oxygens (including phenoxy) is 3. The second kappa shape index (κ2) is 17.7. The van der Waals surface area contributed by atoms with E-state index in [9.17, 15) is 4.79 Å². The van der Waals surface area contributed by atoms with E-state index in [2.05, 4.69) is 44.6 Å². The predicted molar refractivity (Wildman–Crippen MR) is 115 cm³/mol. The zero-order valence-corrected chi connectivity index (χ0v) is 18.9. The number of carbonyl (C=O) groups excluding carboxylic acids is 1. The molecule has 1 amide bonds. The lowest BCUT2D eigenvalue weighted by molar-refractivity contribution is -0.121. The van der Waals surface area contributed by atoms with Crippen molar-refractivity contribution in [3.05, 3.63) is 0 Å². The Balaban J connectivity index is 3.22. The normalized spacial score (nSPS) is 11.9. The van der Waals surface area contributed by atoms with Gasteiger partial charge in [-0.05, 0) is 32.1 Å². The fourth-order valence-corrected chi connectivity index (χ4v) is 2.42. The third-order valence-corrected chi connectivity index (χ3v) is 5.37. The van der Waals surface area contributed by atoms with Crippen molar-refractivity contribution < 1.29 is 19.0 Å². The van der Waals surface area contributed by atoms with E-state index in [4.69, 9.17) is 14.2 Å². The zero-order valence-electron chi connectivity index (χ0n) is 18.1. The smallest absolute Gasteiger partial charge is 0.220 e. The molecule has 0 unspecified atom stereocenters. The highest BCUT2D eigenvalue weighted by atomic mass is 32.2. The molecule has 0 rings (SSSR count). The third kappa shape index (κ3) is 20.2. The number of nitrogens with one attached hydrogen (secondary N) is 2. The summed E-state index contributed by atoms with van der Waals surface area (Å²) in [6.07, 6.45) is 5.41. The third-order valence-electron chi connectivity index (χ3n) is 4.06. The van der Waals surface area contributed by atoms with Crippen molar-refractivity contribution in [2.24, 2.45) is 0 Å². The van der Waals surface area contributed by atoms with Crippen LogP contribution in [0.1, 0.15) is 53.4 Å². The van der Waals surface area contributed by atoms with Gasteiger partial charge in [0, 0.05) is 37.0 Å². The molecule has 2 N–H and O–H groups in total. The van der Waals surface area contributed by atoms with Crippen molar-refractivity contribution in [3.63, 3.8) is 0 Å². The van der Waals surface area contributed by atoms with Crippen molar-refractivity contribution in [1.82, 2.24) is 10.6 Å². The summed E-state index contributed by atoms with van der Waals surface area (Å²) < 4.78 is 16.6. The average Bonchev–Trinajstić information content (AvgIpc) is 2.63. The van der Waals surface area contributed by atoms with Crippen LogP contribution < -0.4 is 10.6 Å². The first kappa shape index (κ1) is 26.7. The lowest BCUT2D eigenvalue weighted by atomic mass is 10.1. The van der Waals surface area contributed by atoms with Crippen molar-refractivity contribution in [2.75, 3.05) is 59.0 Å². The summed E-state index contributed by atoms with van der Waals surface area (Å²) in [7, 11) is 0. The molecule has 0 spiro atoms. The topological polar surface area (TPSA) is 68.8 Å². The summed E-state index contributed by atoms with van der Waals surface area (Å²) in [4.78, 5) is 11.8. The number of hydrogen-bond donors (Lipinski definition) is 2. The largest absolute Gasteiger partial charge is 0.379 e. The van der Waals surface area contributed by atoms with E-state index in [1.165, 1.54) is 0 Å².